The molecule has 1 aromatic carbocycles. The summed E-state index contributed by atoms with van der Waals surface area (Å²) in [5, 5.41) is 14.0. The first-order chi connectivity index (χ1) is 10.0. The third-order valence-electron chi connectivity index (χ3n) is 3.09. The maximum absolute atomic E-state index is 11.5. The Morgan fingerprint density at radius 1 is 1.24 bits per heavy atom. The number of urea groups is 1. The van der Waals surface area contributed by atoms with E-state index in [1.54, 1.807) is 0 Å². The van der Waals surface area contributed by atoms with Crippen molar-refractivity contribution in [3.63, 3.8) is 0 Å². The first-order valence-electron chi connectivity index (χ1n) is 7.41. The predicted octanol–water partition coefficient (Wildman–Crippen LogP) is 2.46. The molecule has 0 bridgehead atoms. The Labute approximate surface area is 126 Å². The van der Waals surface area contributed by atoms with Gasteiger partial charge in [-0.1, -0.05) is 26.0 Å². The molecule has 0 heterocycles. The third kappa shape index (κ3) is 6.99. The number of ether oxygens (including phenoxy) is 1. The summed E-state index contributed by atoms with van der Waals surface area (Å²) in [6.45, 7) is 7.15. The van der Waals surface area contributed by atoms with E-state index in [0.717, 1.165) is 17.7 Å². The molecular formula is C16H26N2O3. The normalized spacial score (nSPS) is 12.0. The average molecular weight is 294 g/mol. The van der Waals surface area contributed by atoms with Crippen LogP contribution in [0, 0.1) is 5.92 Å². The number of amides is 2. The fourth-order valence-corrected chi connectivity index (χ4v) is 1.77. The molecule has 2 amide bonds. The van der Waals surface area contributed by atoms with Gasteiger partial charge in [-0.05, 0) is 37.0 Å². The van der Waals surface area contributed by atoms with Crippen LogP contribution in [0.4, 0.5) is 4.79 Å². The van der Waals surface area contributed by atoms with Crippen molar-refractivity contribution in [2.75, 3.05) is 19.8 Å². The highest BCUT2D eigenvalue weighted by Crippen LogP contribution is 2.18. The molecule has 0 aliphatic carbocycles. The zero-order valence-electron chi connectivity index (χ0n) is 13.1. The highest BCUT2D eigenvalue weighted by Gasteiger charge is 2.09. The van der Waals surface area contributed by atoms with Crippen LogP contribution in [0.5, 0.6) is 5.75 Å². The molecule has 3 N–H and O–H groups in total. The van der Waals surface area contributed by atoms with Crippen LogP contribution < -0.4 is 15.4 Å². The summed E-state index contributed by atoms with van der Waals surface area (Å²) in [5.41, 5.74) is 1.00. The largest absolute Gasteiger partial charge is 0.494 e. The number of aliphatic hydroxyl groups excluding tert-OH is 1. The average Bonchev–Trinajstić information content (AvgIpc) is 2.45. The van der Waals surface area contributed by atoms with Crippen molar-refractivity contribution in [2.24, 2.45) is 5.92 Å². The zero-order valence-corrected chi connectivity index (χ0v) is 13.1. The lowest BCUT2D eigenvalue weighted by molar-refractivity contribution is 0.231. The van der Waals surface area contributed by atoms with E-state index >= 15 is 0 Å². The van der Waals surface area contributed by atoms with Gasteiger partial charge in [0.15, 0.2) is 0 Å². The second kappa shape index (κ2) is 9.23. The van der Waals surface area contributed by atoms with E-state index in [0.29, 0.717) is 12.5 Å². The molecule has 1 aromatic rings. The van der Waals surface area contributed by atoms with E-state index in [4.69, 9.17) is 9.84 Å². The van der Waals surface area contributed by atoms with Crippen LogP contribution in [-0.2, 0) is 0 Å². The molecule has 0 saturated carbocycles. The maximum atomic E-state index is 11.5. The van der Waals surface area contributed by atoms with Gasteiger partial charge in [0.25, 0.3) is 0 Å². The van der Waals surface area contributed by atoms with E-state index in [1.165, 1.54) is 0 Å². The summed E-state index contributed by atoms with van der Waals surface area (Å²) in [7, 11) is 0. The number of nitrogens with one attached hydrogen (secondary N) is 2. The second-order valence-corrected chi connectivity index (χ2v) is 5.45. The van der Waals surface area contributed by atoms with Crippen LogP contribution in [0.1, 0.15) is 38.8 Å². The minimum atomic E-state index is -0.284. The van der Waals surface area contributed by atoms with Crippen molar-refractivity contribution >= 4 is 6.03 Å². The number of hydrogen-bond donors (Lipinski definition) is 3. The Kier molecular flexibility index (Phi) is 7.61. The Bertz CT molecular complexity index is 418. The minimum absolute atomic E-state index is 0.0653. The van der Waals surface area contributed by atoms with Gasteiger partial charge in [0, 0.05) is 6.54 Å². The molecule has 0 aromatic heterocycles. The topological polar surface area (TPSA) is 70.6 Å². The zero-order chi connectivity index (χ0) is 15.7. The lowest BCUT2D eigenvalue weighted by atomic mass is 10.1. The summed E-state index contributed by atoms with van der Waals surface area (Å²) in [5.74, 6) is 1.47. The van der Waals surface area contributed by atoms with Gasteiger partial charge in [-0.25, -0.2) is 4.79 Å². The molecule has 0 spiro atoms. The predicted molar refractivity (Wildman–Crippen MR) is 83.4 cm³/mol. The van der Waals surface area contributed by atoms with Crippen LogP contribution in [-0.4, -0.2) is 30.9 Å². The Hall–Kier alpha value is -1.75. The van der Waals surface area contributed by atoms with Gasteiger partial charge in [-0.15, -0.1) is 0 Å². The van der Waals surface area contributed by atoms with Gasteiger partial charge in [0.1, 0.15) is 5.75 Å². The van der Waals surface area contributed by atoms with Crippen LogP contribution in [0.15, 0.2) is 24.3 Å². The first kappa shape index (κ1) is 17.3. The van der Waals surface area contributed by atoms with Crippen molar-refractivity contribution in [1.29, 1.82) is 0 Å². The standard InChI is InChI=1S/C16H26N2O3/c1-12(2)8-11-21-15-6-4-14(5-7-15)13(3)18-16(20)17-9-10-19/h4-7,12-13,19H,8-11H2,1-3H3,(H2,17,18,20). The number of benzene rings is 1. The molecule has 1 atom stereocenters. The van der Waals surface area contributed by atoms with E-state index in [1.807, 2.05) is 31.2 Å². The van der Waals surface area contributed by atoms with Gasteiger partial charge in [0.2, 0.25) is 0 Å². The maximum Gasteiger partial charge on any atom is 0.315 e. The molecule has 21 heavy (non-hydrogen) atoms. The monoisotopic (exact) mass is 294 g/mol. The summed E-state index contributed by atoms with van der Waals surface area (Å²) >= 11 is 0. The number of aliphatic hydroxyl groups is 1. The van der Waals surface area contributed by atoms with Crippen molar-refractivity contribution in [2.45, 2.75) is 33.2 Å². The molecule has 0 radical (unpaired) electrons. The summed E-state index contributed by atoms with van der Waals surface area (Å²) < 4.78 is 5.66. The number of carbonyl (C=O) groups excluding carboxylic acids is 1. The van der Waals surface area contributed by atoms with E-state index in [9.17, 15) is 4.79 Å². The number of carbonyl (C=O) groups is 1. The smallest absolute Gasteiger partial charge is 0.315 e. The molecular weight excluding hydrogens is 268 g/mol. The van der Waals surface area contributed by atoms with Crippen molar-refractivity contribution in [1.82, 2.24) is 10.6 Å². The lowest BCUT2D eigenvalue weighted by Gasteiger charge is -2.15. The second-order valence-electron chi connectivity index (χ2n) is 5.45. The molecule has 5 nitrogen and oxygen atoms in total. The van der Waals surface area contributed by atoms with Crippen molar-refractivity contribution in [3.05, 3.63) is 29.8 Å². The Balaban J connectivity index is 2.43. The van der Waals surface area contributed by atoms with Gasteiger partial charge < -0.3 is 20.5 Å². The molecule has 0 aliphatic heterocycles. The SMILES string of the molecule is CC(C)CCOc1ccc(C(C)NC(=O)NCCO)cc1. The molecule has 1 rings (SSSR count). The Morgan fingerprint density at radius 2 is 1.90 bits per heavy atom. The lowest BCUT2D eigenvalue weighted by Crippen LogP contribution is -2.38. The van der Waals surface area contributed by atoms with Gasteiger partial charge in [-0.3, -0.25) is 0 Å². The fraction of sp³-hybridized carbons (Fsp3) is 0.562. The first-order valence-corrected chi connectivity index (χ1v) is 7.41. The molecule has 0 aliphatic rings. The summed E-state index contributed by atoms with van der Waals surface area (Å²) in [6.07, 6.45) is 1.03. The van der Waals surface area contributed by atoms with Crippen molar-refractivity contribution in [3.8, 4) is 5.75 Å². The van der Waals surface area contributed by atoms with Gasteiger partial charge in [-0.2, -0.15) is 0 Å². The van der Waals surface area contributed by atoms with Crippen molar-refractivity contribution < 1.29 is 14.6 Å². The number of rotatable bonds is 8. The summed E-state index contributed by atoms with van der Waals surface area (Å²) in [4.78, 5) is 11.5. The van der Waals surface area contributed by atoms with Crippen LogP contribution in [0.3, 0.4) is 0 Å². The molecule has 1 unspecified atom stereocenters. The molecule has 118 valence electrons. The molecule has 0 saturated heterocycles. The highest BCUT2D eigenvalue weighted by molar-refractivity contribution is 5.74. The summed E-state index contributed by atoms with van der Waals surface area (Å²) in [6, 6.07) is 7.34. The molecule has 0 fully saturated rings. The van der Waals surface area contributed by atoms with Gasteiger partial charge in [0.05, 0.1) is 19.3 Å². The quantitative estimate of drug-likeness (QED) is 0.690. The highest BCUT2D eigenvalue weighted by atomic mass is 16.5. The van der Waals surface area contributed by atoms with Crippen LogP contribution in [0.2, 0.25) is 0 Å². The van der Waals surface area contributed by atoms with Gasteiger partial charge >= 0.3 is 6.03 Å². The van der Waals surface area contributed by atoms with E-state index in [-0.39, 0.29) is 25.2 Å². The Morgan fingerprint density at radius 3 is 2.48 bits per heavy atom. The molecule has 5 heteroatoms. The van der Waals surface area contributed by atoms with Crippen LogP contribution >= 0.6 is 0 Å². The van der Waals surface area contributed by atoms with E-state index in [2.05, 4.69) is 24.5 Å². The number of hydrogen-bond acceptors (Lipinski definition) is 3. The van der Waals surface area contributed by atoms with Crippen LogP contribution in [0.25, 0.3) is 0 Å². The fourth-order valence-electron chi connectivity index (χ4n) is 1.77. The minimum Gasteiger partial charge on any atom is -0.494 e. The van der Waals surface area contributed by atoms with E-state index < -0.39 is 0 Å². The third-order valence-corrected chi connectivity index (χ3v) is 3.09.